The molecule has 0 fully saturated rings. The molecule has 5 heteroatoms. The lowest BCUT2D eigenvalue weighted by Crippen LogP contribution is -2.22. The van der Waals surface area contributed by atoms with Gasteiger partial charge < -0.3 is 14.6 Å². The first-order valence-electron chi connectivity index (χ1n) is 6.12. The van der Waals surface area contributed by atoms with E-state index in [2.05, 4.69) is 32.3 Å². The molecule has 1 N–H and O–H groups in total. The zero-order chi connectivity index (χ0) is 13.8. The average molecular weight is 324 g/mol. The van der Waals surface area contributed by atoms with Gasteiger partial charge >= 0.3 is 0 Å². The van der Waals surface area contributed by atoms with E-state index in [1.165, 1.54) is 5.56 Å². The Labute approximate surface area is 121 Å². The Hall–Kier alpha value is -1.33. The van der Waals surface area contributed by atoms with Gasteiger partial charge in [-0.2, -0.15) is 0 Å². The lowest BCUT2D eigenvalue weighted by atomic mass is 10.1. The van der Waals surface area contributed by atoms with Gasteiger partial charge in [-0.25, -0.2) is 4.98 Å². The van der Waals surface area contributed by atoms with Crippen LogP contribution in [0, 0.1) is 0 Å². The summed E-state index contributed by atoms with van der Waals surface area (Å²) < 4.78 is 8.40. The summed E-state index contributed by atoms with van der Waals surface area (Å²) in [5, 5.41) is 3.31. The number of methoxy groups -OCH3 is 1. The summed E-state index contributed by atoms with van der Waals surface area (Å²) >= 11 is 3.59. The van der Waals surface area contributed by atoms with Crippen molar-refractivity contribution in [3.63, 3.8) is 0 Å². The maximum Gasteiger partial charge on any atom is 0.125 e. The van der Waals surface area contributed by atoms with Crippen molar-refractivity contribution in [2.45, 2.75) is 12.5 Å². The van der Waals surface area contributed by atoms with E-state index >= 15 is 0 Å². The molecule has 102 valence electrons. The Morgan fingerprint density at radius 1 is 1.47 bits per heavy atom. The quantitative estimate of drug-likeness (QED) is 0.919. The second-order valence-corrected chi connectivity index (χ2v) is 5.25. The van der Waals surface area contributed by atoms with Gasteiger partial charge in [-0.15, -0.1) is 0 Å². The fourth-order valence-corrected chi connectivity index (χ4v) is 2.50. The van der Waals surface area contributed by atoms with Crippen LogP contribution in [-0.4, -0.2) is 23.7 Å². The molecular formula is C14H18BrN3O. The molecule has 0 spiro atoms. The number of aromatic nitrogens is 2. The van der Waals surface area contributed by atoms with E-state index in [4.69, 9.17) is 4.74 Å². The molecule has 2 aromatic rings. The van der Waals surface area contributed by atoms with Gasteiger partial charge in [0.1, 0.15) is 11.6 Å². The van der Waals surface area contributed by atoms with Crippen molar-refractivity contribution in [2.75, 3.05) is 14.2 Å². The highest BCUT2D eigenvalue weighted by Gasteiger charge is 2.16. The fraction of sp³-hybridized carbons (Fsp3) is 0.357. The molecule has 1 heterocycles. The predicted octanol–water partition coefficient (Wildman–Crippen LogP) is 2.69. The number of likely N-dealkylation sites (N-methyl/N-ethyl adjacent to an activating group) is 1. The summed E-state index contributed by atoms with van der Waals surface area (Å²) in [5.41, 5.74) is 1.20. The van der Waals surface area contributed by atoms with Crippen LogP contribution in [0.1, 0.15) is 17.4 Å². The molecular weight excluding hydrogens is 306 g/mol. The number of benzene rings is 1. The van der Waals surface area contributed by atoms with Crippen molar-refractivity contribution < 1.29 is 4.74 Å². The molecule has 19 heavy (non-hydrogen) atoms. The molecule has 0 aliphatic carbocycles. The van der Waals surface area contributed by atoms with Gasteiger partial charge in [-0.1, -0.05) is 15.9 Å². The second kappa shape index (κ2) is 6.21. The summed E-state index contributed by atoms with van der Waals surface area (Å²) in [5.74, 6) is 1.89. The molecule has 1 atom stereocenters. The number of halogens is 1. The average Bonchev–Trinajstić information content (AvgIpc) is 2.84. The van der Waals surface area contributed by atoms with Crippen LogP contribution in [0.5, 0.6) is 5.75 Å². The lowest BCUT2D eigenvalue weighted by molar-refractivity contribution is 0.413. The third-order valence-corrected chi connectivity index (χ3v) is 3.97. The summed E-state index contributed by atoms with van der Waals surface area (Å²) in [6.07, 6.45) is 4.62. The molecule has 0 aliphatic rings. The number of rotatable bonds is 5. The molecule has 2 rings (SSSR count). The molecule has 0 bridgehead atoms. The van der Waals surface area contributed by atoms with Crippen molar-refractivity contribution in [1.29, 1.82) is 0 Å². The minimum absolute atomic E-state index is 0.170. The topological polar surface area (TPSA) is 39.1 Å². The number of nitrogens with one attached hydrogen (secondary N) is 1. The smallest absolute Gasteiger partial charge is 0.125 e. The van der Waals surface area contributed by atoms with Crippen molar-refractivity contribution in [2.24, 2.45) is 7.05 Å². The summed E-state index contributed by atoms with van der Waals surface area (Å²) in [7, 11) is 5.64. The van der Waals surface area contributed by atoms with Gasteiger partial charge in [0.05, 0.1) is 13.2 Å². The normalized spacial score (nSPS) is 12.4. The van der Waals surface area contributed by atoms with Crippen LogP contribution < -0.4 is 10.1 Å². The van der Waals surface area contributed by atoms with Crippen LogP contribution in [0.3, 0.4) is 0 Å². The maximum atomic E-state index is 5.28. The first kappa shape index (κ1) is 14.1. The number of nitrogens with zero attached hydrogens (tertiary/aromatic N) is 2. The van der Waals surface area contributed by atoms with Crippen molar-refractivity contribution in [3.05, 3.63) is 46.5 Å². The molecule has 0 amide bonds. The largest absolute Gasteiger partial charge is 0.497 e. The zero-order valence-corrected chi connectivity index (χ0v) is 12.9. The van der Waals surface area contributed by atoms with Crippen LogP contribution in [0.15, 0.2) is 35.1 Å². The molecule has 0 aliphatic heterocycles. The summed E-state index contributed by atoms with van der Waals surface area (Å²) in [4.78, 5) is 4.41. The van der Waals surface area contributed by atoms with Crippen LogP contribution in [0.25, 0.3) is 0 Å². The number of imidazole rings is 1. The standard InChI is InChI=1S/C14H18BrN3O/c1-16-13(14-17-6-7-18(14)2)9-10-8-11(19-3)4-5-12(10)15/h4-8,13,16H,9H2,1-3H3. The van der Waals surface area contributed by atoms with Gasteiger partial charge in [-0.05, 0) is 37.2 Å². The second-order valence-electron chi connectivity index (χ2n) is 4.40. The predicted molar refractivity (Wildman–Crippen MR) is 79.4 cm³/mol. The minimum atomic E-state index is 0.170. The molecule has 0 saturated heterocycles. The number of hydrogen-bond acceptors (Lipinski definition) is 3. The lowest BCUT2D eigenvalue weighted by Gasteiger charge is -2.17. The van der Waals surface area contributed by atoms with Crippen molar-refractivity contribution in [1.82, 2.24) is 14.9 Å². The Morgan fingerprint density at radius 3 is 2.84 bits per heavy atom. The van der Waals surface area contributed by atoms with E-state index in [0.717, 1.165) is 22.5 Å². The Balaban J connectivity index is 2.26. The van der Waals surface area contributed by atoms with E-state index < -0.39 is 0 Å². The monoisotopic (exact) mass is 323 g/mol. The Bertz CT molecular complexity index is 553. The number of ether oxygens (including phenoxy) is 1. The fourth-order valence-electron chi connectivity index (χ4n) is 2.09. The Morgan fingerprint density at radius 2 is 2.26 bits per heavy atom. The highest BCUT2D eigenvalue weighted by molar-refractivity contribution is 9.10. The zero-order valence-electron chi connectivity index (χ0n) is 11.4. The third-order valence-electron chi connectivity index (χ3n) is 3.20. The molecule has 0 radical (unpaired) electrons. The van der Waals surface area contributed by atoms with Crippen molar-refractivity contribution in [3.8, 4) is 5.75 Å². The number of aryl methyl sites for hydroxylation is 1. The van der Waals surface area contributed by atoms with Crippen LogP contribution in [0.2, 0.25) is 0 Å². The first-order chi connectivity index (χ1) is 9.15. The van der Waals surface area contributed by atoms with E-state index in [-0.39, 0.29) is 6.04 Å². The highest BCUT2D eigenvalue weighted by Crippen LogP contribution is 2.26. The molecule has 4 nitrogen and oxygen atoms in total. The SMILES string of the molecule is CNC(Cc1cc(OC)ccc1Br)c1nccn1C. The highest BCUT2D eigenvalue weighted by atomic mass is 79.9. The number of hydrogen-bond donors (Lipinski definition) is 1. The minimum Gasteiger partial charge on any atom is -0.497 e. The molecule has 1 unspecified atom stereocenters. The first-order valence-corrected chi connectivity index (χ1v) is 6.92. The van der Waals surface area contributed by atoms with Gasteiger partial charge in [0.2, 0.25) is 0 Å². The summed E-state index contributed by atoms with van der Waals surface area (Å²) in [6.45, 7) is 0. The van der Waals surface area contributed by atoms with E-state index in [9.17, 15) is 0 Å². The van der Waals surface area contributed by atoms with Crippen LogP contribution >= 0.6 is 15.9 Å². The molecule has 1 aromatic carbocycles. The molecule has 0 saturated carbocycles. The van der Waals surface area contributed by atoms with Crippen LogP contribution in [-0.2, 0) is 13.5 Å². The summed E-state index contributed by atoms with van der Waals surface area (Å²) in [6, 6.07) is 6.18. The van der Waals surface area contributed by atoms with Gasteiger partial charge in [0.15, 0.2) is 0 Å². The van der Waals surface area contributed by atoms with Gasteiger partial charge in [-0.3, -0.25) is 0 Å². The van der Waals surface area contributed by atoms with E-state index in [0.29, 0.717) is 0 Å². The molecule has 1 aromatic heterocycles. The van der Waals surface area contributed by atoms with Gasteiger partial charge in [0, 0.05) is 23.9 Å². The van der Waals surface area contributed by atoms with E-state index in [1.54, 1.807) is 7.11 Å². The van der Waals surface area contributed by atoms with E-state index in [1.807, 2.05) is 43.2 Å². The maximum absolute atomic E-state index is 5.28. The van der Waals surface area contributed by atoms with Crippen molar-refractivity contribution >= 4 is 15.9 Å². The van der Waals surface area contributed by atoms with Crippen LogP contribution in [0.4, 0.5) is 0 Å². The third kappa shape index (κ3) is 3.16. The Kier molecular flexibility index (Phi) is 4.61. The van der Waals surface area contributed by atoms with Gasteiger partial charge in [0.25, 0.3) is 0 Å².